The van der Waals surface area contributed by atoms with E-state index in [-0.39, 0.29) is 18.1 Å². The maximum Gasteiger partial charge on any atom is 0.258 e. The molecule has 0 saturated heterocycles. The first kappa shape index (κ1) is 16.9. The van der Waals surface area contributed by atoms with Gasteiger partial charge in [0.15, 0.2) is 6.61 Å². The van der Waals surface area contributed by atoms with E-state index in [2.05, 4.69) is 5.32 Å². The molecule has 0 radical (unpaired) electrons. The van der Waals surface area contributed by atoms with Crippen molar-refractivity contribution in [1.82, 2.24) is 5.32 Å². The highest BCUT2D eigenvalue weighted by Crippen LogP contribution is 2.21. The molecule has 5 heteroatoms. The monoisotopic (exact) mass is 341 g/mol. The van der Waals surface area contributed by atoms with Crippen LogP contribution in [0.25, 0.3) is 10.8 Å². The minimum Gasteiger partial charge on any atom is -0.484 e. The lowest BCUT2D eigenvalue weighted by Crippen LogP contribution is -2.31. The Morgan fingerprint density at radius 3 is 2.56 bits per heavy atom. The van der Waals surface area contributed by atoms with Gasteiger partial charge in [-0.2, -0.15) is 0 Å². The first-order valence-corrected chi connectivity index (χ1v) is 7.89. The highest BCUT2D eigenvalue weighted by atomic mass is 19.1. The van der Waals surface area contributed by atoms with Crippen molar-refractivity contribution in [3.05, 3.63) is 77.9 Å². The van der Waals surface area contributed by atoms with Gasteiger partial charge in [-0.15, -0.1) is 0 Å². The van der Waals surface area contributed by atoms with Crippen molar-refractivity contribution < 1.29 is 18.3 Å². The van der Waals surface area contributed by atoms with Gasteiger partial charge in [0.25, 0.3) is 5.91 Å². The molecule has 0 fully saturated rings. The third-order valence-electron chi connectivity index (χ3n) is 3.90. The van der Waals surface area contributed by atoms with Gasteiger partial charge in [0.05, 0.1) is 6.04 Å². The minimum absolute atomic E-state index is 0.189. The predicted molar refractivity (Wildman–Crippen MR) is 92.4 cm³/mol. The van der Waals surface area contributed by atoms with Crippen molar-refractivity contribution in [1.29, 1.82) is 0 Å². The zero-order valence-electron chi connectivity index (χ0n) is 13.6. The minimum atomic E-state index is -0.691. The van der Waals surface area contributed by atoms with Crippen LogP contribution in [0.3, 0.4) is 0 Å². The standard InChI is InChI=1S/C20H17F2NO2/c1-13(18-9-7-16(21)11-19(18)22)23-20(24)12-25-17-8-6-14-4-2-3-5-15(14)10-17/h2-11,13H,12H2,1H3,(H,23,24)/t13-/m0/s1. The average Bonchev–Trinajstić information content (AvgIpc) is 2.59. The normalized spacial score (nSPS) is 12.0. The van der Waals surface area contributed by atoms with Crippen LogP contribution in [0.5, 0.6) is 5.75 Å². The largest absolute Gasteiger partial charge is 0.484 e. The Hall–Kier alpha value is -2.95. The molecule has 1 atom stereocenters. The second kappa shape index (κ2) is 7.30. The van der Waals surface area contributed by atoms with E-state index in [1.807, 2.05) is 36.4 Å². The number of rotatable bonds is 5. The van der Waals surface area contributed by atoms with Crippen LogP contribution in [0.4, 0.5) is 8.78 Å². The Morgan fingerprint density at radius 2 is 1.80 bits per heavy atom. The summed E-state index contributed by atoms with van der Waals surface area (Å²) >= 11 is 0. The van der Waals surface area contributed by atoms with Crippen LogP contribution in [0.1, 0.15) is 18.5 Å². The van der Waals surface area contributed by atoms with E-state index in [4.69, 9.17) is 4.74 Å². The molecule has 0 heterocycles. The third kappa shape index (κ3) is 4.12. The Bertz CT molecular complexity index is 911. The van der Waals surface area contributed by atoms with Crippen molar-refractivity contribution in [2.24, 2.45) is 0 Å². The molecule has 0 saturated carbocycles. The lowest BCUT2D eigenvalue weighted by Gasteiger charge is -2.15. The quantitative estimate of drug-likeness (QED) is 0.748. The van der Waals surface area contributed by atoms with Gasteiger partial charge in [-0.25, -0.2) is 8.78 Å². The molecule has 128 valence electrons. The van der Waals surface area contributed by atoms with Gasteiger partial charge in [0, 0.05) is 11.6 Å². The number of halogens is 2. The van der Waals surface area contributed by atoms with Crippen LogP contribution in [-0.2, 0) is 4.79 Å². The Labute approximate surface area is 144 Å². The second-order valence-electron chi connectivity index (χ2n) is 5.75. The maximum atomic E-state index is 13.7. The summed E-state index contributed by atoms with van der Waals surface area (Å²) in [7, 11) is 0. The number of hydrogen-bond donors (Lipinski definition) is 1. The lowest BCUT2D eigenvalue weighted by atomic mass is 10.1. The van der Waals surface area contributed by atoms with Crippen LogP contribution in [0.15, 0.2) is 60.7 Å². The molecule has 3 aromatic rings. The fraction of sp³-hybridized carbons (Fsp3) is 0.150. The number of fused-ring (bicyclic) bond motifs is 1. The molecule has 3 aromatic carbocycles. The maximum absolute atomic E-state index is 13.7. The Kier molecular flexibility index (Phi) is 4.93. The number of benzene rings is 3. The van der Waals surface area contributed by atoms with Crippen molar-refractivity contribution >= 4 is 16.7 Å². The summed E-state index contributed by atoms with van der Waals surface area (Å²) in [4.78, 5) is 12.0. The molecule has 0 unspecified atom stereocenters. The van der Waals surface area contributed by atoms with E-state index in [1.165, 1.54) is 6.07 Å². The van der Waals surface area contributed by atoms with Gasteiger partial charge in [-0.3, -0.25) is 4.79 Å². The van der Waals surface area contributed by atoms with Crippen LogP contribution in [0, 0.1) is 11.6 Å². The Morgan fingerprint density at radius 1 is 1.04 bits per heavy atom. The molecule has 0 spiro atoms. The zero-order chi connectivity index (χ0) is 17.8. The molecular formula is C20H17F2NO2. The first-order chi connectivity index (χ1) is 12.0. The number of hydrogen-bond acceptors (Lipinski definition) is 2. The smallest absolute Gasteiger partial charge is 0.258 e. The number of amides is 1. The molecule has 0 aromatic heterocycles. The molecule has 0 bridgehead atoms. The number of nitrogens with one attached hydrogen (secondary N) is 1. The van der Waals surface area contributed by atoms with Gasteiger partial charge < -0.3 is 10.1 Å². The molecule has 0 aliphatic carbocycles. The Balaban J connectivity index is 1.60. The van der Waals surface area contributed by atoms with E-state index in [0.29, 0.717) is 5.75 Å². The van der Waals surface area contributed by atoms with Gasteiger partial charge in [0.2, 0.25) is 0 Å². The van der Waals surface area contributed by atoms with E-state index >= 15 is 0 Å². The van der Waals surface area contributed by atoms with Gasteiger partial charge >= 0.3 is 0 Å². The van der Waals surface area contributed by atoms with Gasteiger partial charge in [0.1, 0.15) is 17.4 Å². The van der Waals surface area contributed by atoms with Crippen LogP contribution in [-0.4, -0.2) is 12.5 Å². The summed E-state index contributed by atoms with van der Waals surface area (Å²) in [6.45, 7) is 1.44. The number of ether oxygens (including phenoxy) is 1. The van der Waals surface area contributed by atoms with Gasteiger partial charge in [-0.1, -0.05) is 36.4 Å². The van der Waals surface area contributed by atoms with Crippen molar-refractivity contribution in [2.75, 3.05) is 6.61 Å². The van der Waals surface area contributed by atoms with Gasteiger partial charge in [-0.05, 0) is 35.9 Å². The molecule has 25 heavy (non-hydrogen) atoms. The first-order valence-electron chi connectivity index (χ1n) is 7.89. The molecule has 0 aliphatic heterocycles. The lowest BCUT2D eigenvalue weighted by molar-refractivity contribution is -0.123. The number of carbonyl (C=O) groups is 1. The molecule has 1 N–H and O–H groups in total. The van der Waals surface area contributed by atoms with E-state index < -0.39 is 17.7 Å². The van der Waals surface area contributed by atoms with Crippen LogP contribution < -0.4 is 10.1 Å². The summed E-state index contributed by atoms with van der Waals surface area (Å²) in [6.07, 6.45) is 0. The highest BCUT2D eigenvalue weighted by molar-refractivity contribution is 5.84. The highest BCUT2D eigenvalue weighted by Gasteiger charge is 2.14. The molecule has 0 aliphatic rings. The summed E-state index contributed by atoms with van der Waals surface area (Å²) in [5, 5.41) is 4.74. The van der Waals surface area contributed by atoms with E-state index in [1.54, 1.807) is 13.0 Å². The summed E-state index contributed by atoms with van der Waals surface area (Å²) < 4.78 is 32.2. The van der Waals surface area contributed by atoms with Crippen molar-refractivity contribution in [3.63, 3.8) is 0 Å². The molecular weight excluding hydrogens is 324 g/mol. The fourth-order valence-corrected chi connectivity index (χ4v) is 2.62. The summed E-state index contributed by atoms with van der Waals surface area (Å²) in [5.41, 5.74) is 0.223. The SMILES string of the molecule is C[C@H](NC(=O)COc1ccc2ccccc2c1)c1ccc(F)cc1F. The summed E-state index contributed by atoms with van der Waals surface area (Å²) in [6, 6.07) is 16.1. The topological polar surface area (TPSA) is 38.3 Å². The van der Waals surface area contributed by atoms with E-state index in [0.717, 1.165) is 22.9 Å². The average molecular weight is 341 g/mol. The molecule has 3 nitrogen and oxygen atoms in total. The van der Waals surface area contributed by atoms with Crippen molar-refractivity contribution in [2.45, 2.75) is 13.0 Å². The predicted octanol–water partition coefficient (Wildman–Crippen LogP) is 4.37. The third-order valence-corrected chi connectivity index (χ3v) is 3.90. The second-order valence-corrected chi connectivity index (χ2v) is 5.75. The zero-order valence-corrected chi connectivity index (χ0v) is 13.6. The molecule has 3 rings (SSSR count). The fourth-order valence-electron chi connectivity index (χ4n) is 2.62. The molecule has 1 amide bonds. The van der Waals surface area contributed by atoms with Crippen molar-refractivity contribution in [3.8, 4) is 5.75 Å². The summed E-state index contributed by atoms with van der Waals surface area (Å²) in [5.74, 6) is -1.15. The van der Waals surface area contributed by atoms with E-state index in [9.17, 15) is 13.6 Å². The number of carbonyl (C=O) groups excluding carboxylic acids is 1. The van der Waals surface area contributed by atoms with Crippen LogP contribution >= 0.6 is 0 Å². The van der Waals surface area contributed by atoms with Crippen LogP contribution in [0.2, 0.25) is 0 Å².